The Morgan fingerprint density at radius 1 is 1.29 bits per heavy atom. The van der Waals surface area contributed by atoms with E-state index in [0.717, 1.165) is 11.1 Å². The second kappa shape index (κ2) is 6.06. The van der Waals surface area contributed by atoms with E-state index in [4.69, 9.17) is 0 Å². The van der Waals surface area contributed by atoms with Gasteiger partial charge in [0.1, 0.15) is 0 Å². The smallest absolute Gasteiger partial charge is 0.262 e. The van der Waals surface area contributed by atoms with E-state index in [9.17, 15) is 9.59 Å². The summed E-state index contributed by atoms with van der Waals surface area (Å²) in [7, 11) is 3.73. The zero-order chi connectivity index (χ0) is 15.6. The van der Waals surface area contributed by atoms with Crippen molar-refractivity contribution in [1.29, 1.82) is 0 Å². The SMILES string of the molecule is C=Cc1ccccc1C1=CC(=O)N(C(CC)N(C)C)C1=O. The van der Waals surface area contributed by atoms with Gasteiger partial charge in [0.15, 0.2) is 0 Å². The highest BCUT2D eigenvalue weighted by Crippen LogP contribution is 2.29. The Morgan fingerprint density at radius 2 is 1.95 bits per heavy atom. The number of carbonyl (C=O) groups is 2. The predicted molar refractivity (Wildman–Crippen MR) is 84.1 cm³/mol. The minimum atomic E-state index is -0.255. The van der Waals surface area contributed by atoms with E-state index in [0.29, 0.717) is 12.0 Å². The van der Waals surface area contributed by atoms with Crippen molar-refractivity contribution in [3.63, 3.8) is 0 Å². The van der Waals surface area contributed by atoms with E-state index in [-0.39, 0.29) is 18.0 Å². The van der Waals surface area contributed by atoms with Crippen LogP contribution in [0.5, 0.6) is 0 Å². The van der Waals surface area contributed by atoms with E-state index < -0.39 is 0 Å². The molecule has 0 aromatic heterocycles. The number of imide groups is 1. The number of amides is 2. The van der Waals surface area contributed by atoms with Crippen LogP contribution in [0.3, 0.4) is 0 Å². The lowest BCUT2D eigenvalue weighted by Gasteiger charge is -2.31. The number of rotatable bonds is 5. The van der Waals surface area contributed by atoms with Crippen LogP contribution in [0.4, 0.5) is 0 Å². The van der Waals surface area contributed by atoms with Crippen molar-refractivity contribution in [2.75, 3.05) is 14.1 Å². The van der Waals surface area contributed by atoms with Crippen molar-refractivity contribution in [1.82, 2.24) is 9.80 Å². The summed E-state index contributed by atoms with van der Waals surface area (Å²) in [5.74, 6) is -0.496. The van der Waals surface area contributed by atoms with Gasteiger partial charge in [0.25, 0.3) is 11.8 Å². The molecule has 0 saturated heterocycles. The quantitative estimate of drug-likeness (QED) is 0.779. The molecule has 1 aromatic carbocycles. The summed E-state index contributed by atoms with van der Waals surface area (Å²) in [6.07, 6.45) is 3.58. The Balaban J connectivity index is 2.41. The lowest BCUT2D eigenvalue weighted by atomic mass is 10.00. The zero-order valence-corrected chi connectivity index (χ0v) is 12.7. The highest BCUT2D eigenvalue weighted by atomic mass is 16.2. The number of hydrogen-bond donors (Lipinski definition) is 0. The van der Waals surface area contributed by atoms with Crippen LogP contribution in [0.2, 0.25) is 0 Å². The molecule has 4 heteroatoms. The lowest BCUT2D eigenvalue weighted by molar-refractivity contribution is -0.142. The largest absolute Gasteiger partial charge is 0.289 e. The van der Waals surface area contributed by atoms with Crippen LogP contribution in [-0.4, -0.2) is 41.9 Å². The summed E-state index contributed by atoms with van der Waals surface area (Å²) in [6, 6.07) is 7.46. The zero-order valence-electron chi connectivity index (χ0n) is 12.7. The summed E-state index contributed by atoms with van der Waals surface area (Å²) in [5.41, 5.74) is 2.04. The highest BCUT2D eigenvalue weighted by Gasteiger charge is 2.37. The number of benzene rings is 1. The molecule has 110 valence electrons. The molecule has 1 heterocycles. The fourth-order valence-corrected chi connectivity index (χ4v) is 2.66. The monoisotopic (exact) mass is 284 g/mol. The fourth-order valence-electron chi connectivity index (χ4n) is 2.66. The Labute approximate surface area is 125 Å². The van der Waals surface area contributed by atoms with Crippen LogP contribution in [0, 0.1) is 0 Å². The maximum atomic E-state index is 12.7. The third-order valence-corrected chi connectivity index (χ3v) is 3.68. The van der Waals surface area contributed by atoms with Gasteiger partial charge in [0, 0.05) is 6.08 Å². The molecule has 1 atom stereocenters. The third kappa shape index (κ3) is 2.67. The van der Waals surface area contributed by atoms with Crippen LogP contribution in [0.1, 0.15) is 24.5 Å². The molecular formula is C17H20N2O2. The van der Waals surface area contributed by atoms with Crippen molar-refractivity contribution in [2.45, 2.75) is 19.5 Å². The molecule has 1 aliphatic heterocycles. The van der Waals surface area contributed by atoms with E-state index in [1.807, 2.05) is 50.2 Å². The molecule has 0 saturated carbocycles. The molecule has 0 aliphatic carbocycles. The molecule has 1 aliphatic rings. The van der Waals surface area contributed by atoms with Gasteiger partial charge in [-0.3, -0.25) is 19.4 Å². The molecule has 1 aromatic rings. The van der Waals surface area contributed by atoms with Gasteiger partial charge >= 0.3 is 0 Å². The maximum absolute atomic E-state index is 12.7. The van der Waals surface area contributed by atoms with Crippen molar-refractivity contribution in [3.05, 3.63) is 48.0 Å². The van der Waals surface area contributed by atoms with Gasteiger partial charge in [0.2, 0.25) is 0 Å². The molecular weight excluding hydrogens is 264 g/mol. The summed E-state index contributed by atoms with van der Waals surface area (Å²) in [5, 5.41) is 0. The van der Waals surface area contributed by atoms with Gasteiger partial charge < -0.3 is 0 Å². The molecule has 0 N–H and O–H groups in total. The maximum Gasteiger partial charge on any atom is 0.262 e. The topological polar surface area (TPSA) is 40.6 Å². The first-order valence-corrected chi connectivity index (χ1v) is 6.98. The summed E-state index contributed by atoms with van der Waals surface area (Å²) in [4.78, 5) is 28.1. The molecule has 4 nitrogen and oxygen atoms in total. The average Bonchev–Trinajstić information content (AvgIpc) is 2.76. The van der Waals surface area contributed by atoms with Crippen molar-refractivity contribution >= 4 is 23.5 Å². The van der Waals surface area contributed by atoms with Gasteiger partial charge in [-0.15, -0.1) is 0 Å². The van der Waals surface area contributed by atoms with Gasteiger partial charge in [0.05, 0.1) is 11.7 Å². The Morgan fingerprint density at radius 3 is 2.52 bits per heavy atom. The van der Waals surface area contributed by atoms with Crippen molar-refractivity contribution in [2.24, 2.45) is 0 Å². The minimum Gasteiger partial charge on any atom is -0.289 e. The van der Waals surface area contributed by atoms with Crippen LogP contribution in [0.15, 0.2) is 36.9 Å². The van der Waals surface area contributed by atoms with Crippen molar-refractivity contribution < 1.29 is 9.59 Å². The molecule has 0 fully saturated rings. The summed E-state index contributed by atoms with van der Waals surface area (Å²) in [6.45, 7) is 5.72. The Kier molecular flexibility index (Phi) is 4.38. The van der Waals surface area contributed by atoms with Crippen LogP contribution < -0.4 is 0 Å². The Hall–Kier alpha value is -2.20. The first kappa shape index (κ1) is 15.2. The molecule has 0 spiro atoms. The Bertz CT molecular complexity index is 617. The van der Waals surface area contributed by atoms with Gasteiger partial charge in [-0.2, -0.15) is 0 Å². The standard InChI is InChI=1S/C17H20N2O2/c1-5-12-9-7-8-10-13(12)14-11-16(20)19(17(14)21)15(6-2)18(3)4/h5,7-11,15H,1,6H2,2-4H3. The summed E-state index contributed by atoms with van der Waals surface area (Å²) >= 11 is 0. The van der Waals surface area contributed by atoms with Crippen LogP contribution in [0.25, 0.3) is 11.6 Å². The fraction of sp³-hybridized carbons (Fsp3) is 0.294. The minimum absolute atomic E-state index is 0.227. The van der Waals surface area contributed by atoms with E-state index >= 15 is 0 Å². The number of carbonyl (C=O) groups excluding carboxylic acids is 2. The predicted octanol–water partition coefficient (Wildman–Crippen LogP) is 2.38. The van der Waals surface area contributed by atoms with Crippen LogP contribution in [-0.2, 0) is 9.59 Å². The second-order valence-corrected chi connectivity index (χ2v) is 5.22. The normalized spacial score (nSPS) is 16.4. The molecule has 2 amide bonds. The first-order valence-electron chi connectivity index (χ1n) is 6.98. The first-order chi connectivity index (χ1) is 10.0. The van der Waals surface area contributed by atoms with Gasteiger partial charge in [-0.1, -0.05) is 43.8 Å². The van der Waals surface area contributed by atoms with E-state index in [1.165, 1.54) is 11.0 Å². The van der Waals surface area contributed by atoms with E-state index in [2.05, 4.69) is 6.58 Å². The number of nitrogens with zero attached hydrogens (tertiary/aromatic N) is 2. The van der Waals surface area contributed by atoms with Crippen molar-refractivity contribution in [3.8, 4) is 0 Å². The molecule has 1 unspecified atom stereocenters. The summed E-state index contributed by atoms with van der Waals surface area (Å²) < 4.78 is 0. The number of hydrogen-bond acceptors (Lipinski definition) is 3. The third-order valence-electron chi connectivity index (χ3n) is 3.68. The molecule has 0 radical (unpaired) electrons. The van der Waals surface area contributed by atoms with Crippen LogP contribution >= 0.6 is 0 Å². The van der Waals surface area contributed by atoms with E-state index in [1.54, 1.807) is 6.08 Å². The highest BCUT2D eigenvalue weighted by molar-refractivity contribution is 6.33. The van der Waals surface area contributed by atoms with Gasteiger partial charge in [-0.05, 0) is 31.6 Å². The second-order valence-electron chi connectivity index (χ2n) is 5.22. The average molecular weight is 284 g/mol. The van der Waals surface area contributed by atoms with Gasteiger partial charge in [-0.25, -0.2) is 0 Å². The molecule has 2 rings (SSSR count). The lowest BCUT2D eigenvalue weighted by Crippen LogP contribution is -2.48. The molecule has 0 bridgehead atoms. The molecule has 21 heavy (non-hydrogen) atoms.